The molecule has 14 heteroatoms. The van der Waals surface area contributed by atoms with Gasteiger partial charge in [-0.2, -0.15) is 13.2 Å². The molecule has 0 unspecified atom stereocenters. The summed E-state index contributed by atoms with van der Waals surface area (Å²) in [5.74, 6) is -2.87. The molecule has 10 nitrogen and oxygen atoms in total. The first-order valence-electron chi connectivity index (χ1n) is 13.0. The zero-order valence-electron chi connectivity index (χ0n) is 23.9. The van der Waals surface area contributed by atoms with Crippen LogP contribution in [0.3, 0.4) is 0 Å². The van der Waals surface area contributed by atoms with Crippen molar-refractivity contribution in [3.8, 4) is 0 Å². The number of hydrogen-bond acceptors (Lipinski definition) is 7. The number of carboxylic acids is 1. The molecule has 0 atom stereocenters. The van der Waals surface area contributed by atoms with Crippen LogP contribution in [0.25, 0.3) is 0 Å². The highest BCUT2D eigenvalue weighted by atomic mass is 32.2. The number of carbonyl (C=O) groups is 2. The minimum Gasteiger partial charge on any atom is -0.475 e. The summed E-state index contributed by atoms with van der Waals surface area (Å²) in [6, 6.07) is 10.4. The Hall–Kier alpha value is -3.36. The van der Waals surface area contributed by atoms with E-state index >= 15 is 0 Å². The van der Waals surface area contributed by atoms with Gasteiger partial charge in [0.1, 0.15) is 0 Å². The van der Waals surface area contributed by atoms with E-state index in [1.807, 2.05) is 51.9 Å². The highest BCUT2D eigenvalue weighted by Crippen LogP contribution is 2.31. The summed E-state index contributed by atoms with van der Waals surface area (Å²) < 4.78 is 61.1. The molecule has 1 aliphatic heterocycles. The molecule has 0 spiro atoms. The minimum atomic E-state index is -5.08. The smallest absolute Gasteiger partial charge is 0.475 e. The number of carboxylic acid groups (broad SMARTS) is 1. The lowest BCUT2D eigenvalue weighted by Gasteiger charge is -2.31. The predicted molar refractivity (Wildman–Crippen MR) is 152 cm³/mol. The van der Waals surface area contributed by atoms with Gasteiger partial charge in [-0.25, -0.2) is 13.2 Å². The Morgan fingerprint density at radius 2 is 1.63 bits per heavy atom. The quantitative estimate of drug-likeness (QED) is 0.401. The Kier molecular flexibility index (Phi) is 12.0. The summed E-state index contributed by atoms with van der Waals surface area (Å²) in [6.07, 6.45) is -5.08. The number of likely N-dealkylation sites (N-methyl/N-ethyl adjacent to an activating group) is 2. The van der Waals surface area contributed by atoms with Crippen molar-refractivity contribution in [1.29, 1.82) is 0 Å². The van der Waals surface area contributed by atoms with Gasteiger partial charge in [0.25, 0.3) is 15.9 Å². The van der Waals surface area contributed by atoms with Gasteiger partial charge >= 0.3 is 12.1 Å². The molecule has 41 heavy (non-hydrogen) atoms. The summed E-state index contributed by atoms with van der Waals surface area (Å²) in [5, 5.41) is 10.4. The van der Waals surface area contributed by atoms with Gasteiger partial charge in [0.05, 0.1) is 16.3 Å². The largest absolute Gasteiger partial charge is 0.490 e. The molecule has 1 amide bonds. The van der Waals surface area contributed by atoms with E-state index in [0.717, 1.165) is 49.5 Å². The van der Waals surface area contributed by atoms with Gasteiger partial charge in [-0.3, -0.25) is 9.52 Å². The van der Waals surface area contributed by atoms with Gasteiger partial charge in [-0.05, 0) is 76.3 Å². The second kappa shape index (κ2) is 14.5. The fourth-order valence-corrected chi connectivity index (χ4v) is 5.07. The van der Waals surface area contributed by atoms with Crippen molar-refractivity contribution in [1.82, 2.24) is 15.1 Å². The van der Waals surface area contributed by atoms with Crippen molar-refractivity contribution < 1.29 is 36.3 Å². The SMILES string of the molecule is CCN(CCN(C)C)C(=O)c1ccc(N2CCNCC2)c(NS(=O)(=O)c2ccc(C)c(C)c2)c1.O=C(O)C(F)(F)F. The second-order valence-electron chi connectivity index (χ2n) is 9.81. The zero-order valence-corrected chi connectivity index (χ0v) is 24.7. The number of halogens is 3. The van der Waals surface area contributed by atoms with Crippen LogP contribution in [0.4, 0.5) is 24.5 Å². The Morgan fingerprint density at radius 3 is 2.15 bits per heavy atom. The van der Waals surface area contributed by atoms with Crippen molar-refractivity contribution in [2.75, 3.05) is 69.5 Å². The third kappa shape index (κ3) is 9.90. The molecule has 1 aliphatic rings. The topological polar surface area (TPSA) is 122 Å². The summed E-state index contributed by atoms with van der Waals surface area (Å²) in [7, 11) is 0.118. The molecule has 2 aromatic rings. The van der Waals surface area contributed by atoms with Gasteiger partial charge in [0.15, 0.2) is 0 Å². The molecule has 228 valence electrons. The van der Waals surface area contributed by atoms with Crippen molar-refractivity contribution in [3.05, 3.63) is 53.1 Å². The van der Waals surface area contributed by atoms with Gasteiger partial charge in [-0.1, -0.05) is 6.07 Å². The van der Waals surface area contributed by atoms with Crippen LogP contribution in [0.2, 0.25) is 0 Å². The number of sulfonamides is 1. The number of nitrogens with one attached hydrogen (secondary N) is 2. The number of carbonyl (C=O) groups excluding carboxylic acids is 1. The zero-order chi connectivity index (χ0) is 31.0. The molecule has 0 aliphatic carbocycles. The second-order valence-corrected chi connectivity index (χ2v) is 11.5. The summed E-state index contributed by atoms with van der Waals surface area (Å²) in [4.78, 5) is 28.3. The Labute approximate surface area is 239 Å². The molecule has 0 saturated carbocycles. The maximum atomic E-state index is 13.3. The molecule has 2 aromatic carbocycles. The highest BCUT2D eigenvalue weighted by molar-refractivity contribution is 7.92. The van der Waals surface area contributed by atoms with Crippen LogP contribution in [0.15, 0.2) is 41.3 Å². The van der Waals surface area contributed by atoms with Crippen LogP contribution in [-0.4, -0.2) is 101 Å². The number of benzene rings is 2. The monoisotopic (exact) mass is 601 g/mol. The van der Waals surface area contributed by atoms with E-state index < -0.39 is 22.2 Å². The highest BCUT2D eigenvalue weighted by Gasteiger charge is 2.38. The first kappa shape index (κ1) is 33.8. The van der Waals surface area contributed by atoms with Crippen LogP contribution in [-0.2, 0) is 14.8 Å². The first-order valence-corrected chi connectivity index (χ1v) is 14.5. The lowest BCUT2D eigenvalue weighted by molar-refractivity contribution is -0.192. The molecule has 1 heterocycles. The molecule has 0 radical (unpaired) electrons. The van der Waals surface area contributed by atoms with Crippen LogP contribution >= 0.6 is 0 Å². The number of hydrogen-bond donors (Lipinski definition) is 3. The standard InChI is InChI=1S/C25H37N5O3S.C2HF3O2/c1-6-29(16-15-28(4)5)25(31)21-8-10-24(30-13-11-26-12-14-30)23(18-21)27-34(32,33)22-9-7-19(2)20(3)17-22;3-2(4,5)1(6)7/h7-10,17-18,26-27H,6,11-16H2,1-5H3;(H,6,7). The van der Waals surface area contributed by atoms with E-state index in [1.54, 1.807) is 29.2 Å². The summed E-state index contributed by atoms with van der Waals surface area (Å²) >= 11 is 0. The Morgan fingerprint density at radius 1 is 1.02 bits per heavy atom. The van der Waals surface area contributed by atoms with E-state index in [4.69, 9.17) is 9.90 Å². The predicted octanol–water partition coefficient (Wildman–Crippen LogP) is 3.17. The number of amides is 1. The Balaban J connectivity index is 0.000000745. The number of alkyl halides is 3. The fraction of sp³-hybridized carbons (Fsp3) is 0.481. The fourth-order valence-electron chi connectivity index (χ4n) is 3.92. The summed E-state index contributed by atoms with van der Waals surface area (Å²) in [5.41, 5.74) is 3.62. The molecule has 1 saturated heterocycles. The van der Waals surface area contributed by atoms with Crippen molar-refractivity contribution >= 4 is 33.3 Å². The number of anilines is 2. The normalized spacial score (nSPS) is 13.8. The van der Waals surface area contributed by atoms with Crippen molar-refractivity contribution in [2.24, 2.45) is 0 Å². The van der Waals surface area contributed by atoms with Gasteiger partial charge in [0, 0.05) is 51.4 Å². The van der Waals surface area contributed by atoms with Crippen LogP contribution in [0.5, 0.6) is 0 Å². The Bertz CT molecular complexity index is 1310. The third-order valence-corrected chi connectivity index (χ3v) is 7.83. The van der Waals surface area contributed by atoms with E-state index in [0.29, 0.717) is 24.3 Å². The molecular weight excluding hydrogens is 563 g/mol. The van der Waals surface area contributed by atoms with E-state index in [2.05, 4.69) is 14.9 Å². The molecular formula is C27H38F3N5O5S. The number of piperazine rings is 1. The number of aryl methyl sites for hydroxylation is 2. The lowest BCUT2D eigenvalue weighted by atomic mass is 10.1. The van der Waals surface area contributed by atoms with Gasteiger partial charge in [0.2, 0.25) is 0 Å². The maximum Gasteiger partial charge on any atom is 0.490 e. The van der Waals surface area contributed by atoms with E-state index in [-0.39, 0.29) is 10.8 Å². The maximum absolute atomic E-state index is 13.3. The van der Waals surface area contributed by atoms with Crippen molar-refractivity contribution in [3.63, 3.8) is 0 Å². The molecule has 1 fully saturated rings. The van der Waals surface area contributed by atoms with E-state index in [9.17, 15) is 26.4 Å². The molecule has 3 N–H and O–H groups in total. The average molecular weight is 602 g/mol. The molecule has 0 aromatic heterocycles. The summed E-state index contributed by atoms with van der Waals surface area (Å²) in [6.45, 7) is 10.9. The van der Waals surface area contributed by atoms with Crippen LogP contribution in [0, 0.1) is 13.8 Å². The molecule has 0 bridgehead atoms. The van der Waals surface area contributed by atoms with Crippen LogP contribution in [0.1, 0.15) is 28.4 Å². The number of rotatable bonds is 9. The van der Waals surface area contributed by atoms with E-state index in [1.165, 1.54) is 0 Å². The van der Waals surface area contributed by atoms with Gasteiger partial charge in [-0.15, -0.1) is 0 Å². The third-order valence-electron chi connectivity index (χ3n) is 6.46. The molecule has 3 rings (SSSR count). The number of nitrogens with zero attached hydrogens (tertiary/aromatic N) is 3. The average Bonchev–Trinajstić information content (AvgIpc) is 2.90. The van der Waals surface area contributed by atoms with Crippen LogP contribution < -0.4 is 14.9 Å². The minimum absolute atomic E-state index is 0.108. The first-order chi connectivity index (χ1) is 19.1. The lowest BCUT2D eigenvalue weighted by Crippen LogP contribution is -2.44. The number of aliphatic carboxylic acids is 1. The van der Waals surface area contributed by atoms with Gasteiger partial charge < -0.3 is 25.1 Å². The van der Waals surface area contributed by atoms with Crippen molar-refractivity contribution in [2.45, 2.75) is 31.8 Å².